The van der Waals surface area contributed by atoms with Crippen molar-refractivity contribution in [3.05, 3.63) is 28.8 Å². The second-order valence-corrected chi connectivity index (χ2v) is 5.02. The van der Waals surface area contributed by atoms with Crippen molar-refractivity contribution >= 4 is 29.0 Å². The number of hydrogen-bond donors (Lipinski definition) is 1. The number of aromatic nitrogens is 2. The van der Waals surface area contributed by atoms with Crippen LogP contribution in [-0.2, 0) is 17.8 Å². The fourth-order valence-electron chi connectivity index (χ4n) is 2.36. The summed E-state index contributed by atoms with van der Waals surface area (Å²) in [4.78, 5) is 12.2. The molecule has 20 heavy (non-hydrogen) atoms. The van der Waals surface area contributed by atoms with Crippen molar-refractivity contribution in [2.45, 2.75) is 39.0 Å². The second kappa shape index (κ2) is 5.89. The van der Waals surface area contributed by atoms with E-state index >= 15 is 0 Å². The zero-order chi connectivity index (χ0) is 13.4. The van der Waals surface area contributed by atoms with E-state index in [2.05, 4.69) is 0 Å². The van der Waals surface area contributed by atoms with Gasteiger partial charge in [0, 0.05) is 25.5 Å². The molecule has 3 rings (SSSR count). The van der Waals surface area contributed by atoms with Gasteiger partial charge in [-0.2, -0.15) is 0 Å². The lowest BCUT2D eigenvalue weighted by atomic mass is 10.3. The SMILES string of the molecule is CCn1ccc2c(c(N)cn2CCOC2CC2)c1=O.Cl. The van der Waals surface area contributed by atoms with Crippen molar-refractivity contribution in [1.82, 2.24) is 9.13 Å². The van der Waals surface area contributed by atoms with Crippen LogP contribution in [0.2, 0.25) is 0 Å². The molecule has 1 aliphatic carbocycles. The number of aryl methyl sites for hydroxylation is 1. The van der Waals surface area contributed by atoms with E-state index in [1.54, 1.807) is 4.57 Å². The monoisotopic (exact) mass is 297 g/mol. The molecule has 2 N–H and O–H groups in total. The molecule has 0 saturated heterocycles. The largest absolute Gasteiger partial charge is 0.397 e. The van der Waals surface area contributed by atoms with E-state index in [1.807, 2.05) is 30.0 Å². The molecule has 1 saturated carbocycles. The van der Waals surface area contributed by atoms with Crippen LogP contribution in [-0.4, -0.2) is 21.8 Å². The zero-order valence-corrected chi connectivity index (χ0v) is 12.4. The van der Waals surface area contributed by atoms with Crippen molar-refractivity contribution in [2.24, 2.45) is 0 Å². The third-order valence-electron chi connectivity index (χ3n) is 3.59. The zero-order valence-electron chi connectivity index (χ0n) is 11.5. The number of halogens is 1. The Morgan fingerprint density at radius 2 is 2.15 bits per heavy atom. The number of nitrogens with two attached hydrogens (primary N) is 1. The van der Waals surface area contributed by atoms with Gasteiger partial charge in [-0.05, 0) is 25.8 Å². The fourth-order valence-corrected chi connectivity index (χ4v) is 2.36. The predicted molar refractivity (Wildman–Crippen MR) is 82.5 cm³/mol. The van der Waals surface area contributed by atoms with Crippen molar-refractivity contribution in [1.29, 1.82) is 0 Å². The quantitative estimate of drug-likeness (QED) is 0.918. The molecule has 0 radical (unpaired) electrons. The van der Waals surface area contributed by atoms with Crippen molar-refractivity contribution in [2.75, 3.05) is 12.3 Å². The van der Waals surface area contributed by atoms with Gasteiger partial charge in [-0.1, -0.05) is 0 Å². The topological polar surface area (TPSA) is 62.2 Å². The fraction of sp³-hybridized carbons (Fsp3) is 0.500. The molecule has 5 nitrogen and oxygen atoms in total. The average molecular weight is 298 g/mol. The highest BCUT2D eigenvalue weighted by Crippen LogP contribution is 2.24. The average Bonchev–Trinajstić information content (AvgIpc) is 3.15. The first-order valence-corrected chi connectivity index (χ1v) is 6.80. The van der Waals surface area contributed by atoms with Crippen molar-refractivity contribution in [3.63, 3.8) is 0 Å². The van der Waals surface area contributed by atoms with E-state index in [4.69, 9.17) is 10.5 Å². The molecule has 0 atom stereocenters. The van der Waals surface area contributed by atoms with Gasteiger partial charge in [-0.25, -0.2) is 0 Å². The summed E-state index contributed by atoms with van der Waals surface area (Å²) < 4.78 is 9.32. The maximum absolute atomic E-state index is 12.2. The minimum atomic E-state index is -0.0145. The number of fused-ring (bicyclic) bond motifs is 1. The summed E-state index contributed by atoms with van der Waals surface area (Å²) in [6, 6.07) is 1.95. The van der Waals surface area contributed by atoms with E-state index < -0.39 is 0 Å². The summed E-state index contributed by atoms with van der Waals surface area (Å²) in [6.07, 6.45) is 6.47. The molecule has 0 amide bonds. The molecular formula is C14H20ClN3O2. The van der Waals surface area contributed by atoms with Gasteiger partial charge in [0.2, 0.25) is 0 Å². The number of anilines is 1. The molecule has 0 bridgehead atoms. The molecule has 110 valence electrons. The van der Waals surface area contributed by atoms with E-state index in [0.29, 0.717) is 30.3 Å². The minimum absolute atomic E-state index is 0. The highest BCUT2D eigenvalue weighted by Gasteiger charge is 2.21. The first-order valence-electron chi connectivity index (χ1n) is 6.80. The molecule has 6 heteroatoms. The van der Waals surface area contributed by atoms with Gasteiger partial charge >= 0.3 is 0 Å². The van der Waals surface area contributed by atoms with Gasteiger partial charge in [0.1, 0.15) is 0 Å². The molecule has 0 aromatic carbocycles. The highest BCUT2D eigenvalue weighted by molar-refractivity contribution is 5.90. The summed E-state index contributed by atoms with van der Waals surface area (Å²) in [5, 5.41) is 0.621. The molecule has 0 unspecified atom stereocenters. The van der Waals surface area contributed by atoms with Crippen LogP contribution in [0.5, 0.6) is 0 Å². The summed E-state index contributed by atoms with van der Waals surface area (Å²) in [6.45, 7) is 4.01. The Kier molecular flexibility index (Phi) is 4.40. The van der Waals surface area contributed by atoms with E-state index in [-0.39, 0.29) is 18.0 Å². The van der Waals surface area contributed by atoms with Crippen molar-refractivity contribution < 1.29 is 4.74 Å². The molecule has 2 heterocycles. The smallest absolute Gasteiger partial charge is 0.262 e. The van der Waals surface area contributed by atoms with Gasteiger partial charge in [-0.3, -0.25) is 4.79 Å². The lowest BCUT2D eigenvalue weighted by molar-refractivity contribution is 0.113. The first-order chi connectivity index (χ1) is 9.20. The Morgan fingerprint density at radius 1 is 1.40 bits per heavy atom. The van der Waals surface area contributed by atoms with Gasteiger partial charge in [0.05, 0.1) is 29.3 Å². The van der Waals surface area contributed by atoms with E-state index in [9.17, 15) is 4.79 Å². The molecule has 1 fully saturated rings. The number of ether oxygens (including phenoxy) is 1. The van der Waals surface area contributed by atoms with Crippen LogP contribution in [0.25, 0.3) is 10.9 Å². The number of nitrogen functional groups attached to an aromatic ring is 1. The molecular weight excluding hydrogens is 278 g/mol. The first kappa shape index (κ1) is 14.9. The van der Waals surface area contributed by atoms with Gasteiger partial charge < -0.3 is 19.6 Å². The number of rotatable bonds is 5. The van der Waals surface area contributed by atoms with Crippen LogP contribution in [0, 0.1) is 0 Å². The lowest BCUT2D eigenvalue weighted by Crippen LogP contribution is -2.18. The van der Waals surface area contributed by atoms with Crippen LogP contribution in [0.15, 0.2) is 23.3 Å². The maximum Gasteiger partial charge on any atom is 0.262 e. The van der Waals surface area contributed by atoms with E-state index in [1.165, 1.54) is 12.8 Å². The molecule has 1 aliphatic rings. The Morgan fingerprint density at radius 3 is 2.80 bits per heavy atom. The molecule has 2 aromatic rings. The number of nitrogens with zero attached hydrogens (tertiary/aromatic N) is 2. The second-order valence-electron chi connectivity index (χ2n) is 5.02. The number of hydrogen-bond acceptors (Lipinski definition) is 3. The number of pyridine rings is 1. The third kappa shape index (κ3) is 2.69. The Labute approximate surface area is 123 Å². The summed E-state index contributed by atoms with van der Waals surface area (Å²) in [7, 11) is 0. The lowest BCUT2D eigenvalue weighted by Gasteiger charge is -2.06. The Balaban J connectivity index is 0.00000147. The van der Waals surface area contributed by atoms with Gasteiger partial charge in [0.15, 0.2) is 0 Å². The van der Waals surface area contributed by atoms with Crippen LogP contribution in [0.4, 0.5) is 5.69 Å². The maximum atomic E-state index is 12.2. The van der Waals surface area contributed by atoms with Crippen LogP contribution >= 0.6 is 12.4 Å². The standard InChI is InChI=1S/C14H19N3O2.ClH/c1-2-16-6-5-12-13(14(16)18)11(15)9-17(12)7-8-19-10-3-4-10;/h5-6,9-10H,2-4,7-8,15H2,1H3;1H. The summed E-state index contributed by atoms with van der Waals surface area (Å²) >= 11 is 0. The molecule has 2 aromatic heterocycles. The van der Waals surface area contributed by atoms with Gasteiger partial charge in [-0.15, -0.1) is 12.4 Å². The van der Waals surface area contributed by atoms with Crippen LogP contribution in [0.3, 0.4) is 0 Å². The van der Waals surface area contributed by atoms with Gasteiger partial charge in [0.25, 0.3) is 5.56 Å². The van der Waals surface area contributed by atoms with Crippen LogP contribution in [0.1, 0.15) is 19.8 Å². The summed E-state index contributed by atoms with van der Waals surface area (Å²) in [5.74, 6) is 0. The Hall–Kier alpha value is -1.46. The predicted octanol–water partition coefficient (Wildman–Crippen LogP) is 2.01. The Bertz CT molecular complexity index is 658. The molecule has 0 aliphatic heterocycles. The third-order valence-corrected chi connectivity index (χ3v) is 3.59. The normalized spacial score (nSPS) is 14.4. The minimum Gasteiger partial charge on any atom is -0.397 e. The summed E-state index contributed by atoms with van der Waals surface area (Å²) in [5.41, 5.74) is 7.40. The highest BCUT2D eigenvalue weighted by atomic mass is 35.5. The van der Waals surface area contributed by atoms with E-state index in [0.717, 1.165) is 12.1 Å². The van der Waals surface area contributed by atoms with Crippen molar-refractivity contribution in [3.8, 4) is 0 Å². The van der Waals surface area contributed by atoms with Crippen LogP contribution < -0.4 is 11.3 Å². The molecule has 0 spiro atoms.